The molecule has 20 heavy (non-hydrogen) atoms. The lowest BCUT2D eigenvalue weighted by Gasteiger charge is -2.22. The molecule has 0 radical (unpaired) electrons. The lowest BCUT2D eigenvalue weighted by Crippen LogP contribution is -2.34. The fourth-order valence-electron chi connectivity index (χ4n) is 2.02. The van der Waals surface area contributed by atoms with E-state index in [4.69, 9.17) is 16.0 Å². The molecular formula is C14H22FN3O2. The lowest BCUT2D eigenvalue weighted by molar-refractivity contribution is 0.243. The number of benzene rings is 1. The summed E-state index contributed by atoms with van der Waals surface area (Å²) < 4.78 is 14.2. The number of aliphatic hydroxyl groups is 1. The molecule has 0 amide bonds. The van der Waals surface area contributed by atoms with Gasteiger partial charge in [-0.2, -0.15) is 0 Å². The smallest absolute Gasteiger partial charge is 0.173 e. The summed E-state index contributed by atoms with van der Waals surface area (Å²) in [6, 6.07) is 4.87. The van der Waals surface area contributed by atoms with E-state index < -0.39 is 5.82 Å². The molecule has 0 spiro atoms. The second kappa shape index (κ2) is 7.81. The van der Waals surface area contributed by atoms with Crippen molar-refractivity contribution >= 4 is 5.84 Å². The van der Waals surface area contributed by atoms with Gasteiger partial charge < -0.3 is 21.4 Å². The summed E-state index contributed by atoms with van der Waals surface area (Å²) in [6.07, 6.45) is 0.610. The standard InChI is InChI=1S/C14H22FN3O2/c1-9(2)12(6-7-19)17-8-10-4-3-5-11(13(10)15)14(16)18-20/h3-5,9,12,17,19-20H,6-8H2,1-2H3,(H2,16,18). The van der Waals surface area contributed by atoms with E-state index >= 15 is 0 Å². The Balaban J connectivity index is 2.83. The van der Waals surface area contributed by atoms with Gasteiger partial charge in [0.2, 0.25) is 0 Å². The van der Waals surface area contributed by atoms with Crippen LogP contribution in [0.2, 0.25) is 0 Å². The van der Waals surface area contributed by atoms with Crippen molar-refractivity contribution in [3.63, 3.8) is 0 Å². The van der Waals surface area contributed by atoms with Crippen molar-refractivity contribution in [2.75, 3.05) is 6.61 Å². The molecule has 0 bridgehead atoms. The lowest BCUT2D eigenvalue weighted by atomic mass is 10.0. The van der Waals surface area contributed by atoms with Crippen LogP contribution in [0.1, 0.15) is 31.4 Å². The van der Waals surface area contributed by atoms with Gasteiger partial charge in [-0.1, -0.05) is 31.1 Å². The van der Waals surface area contributed by atoms with Gasteiger partial charge in [-0.15, -0.1) is 0 Å². The van der Waals surface area contributed by atoms with Gasteiger partial charge in [0.05, 0.1) is 5.56 Å². The molecule has 6 heteroatoms. The second-order valence-electron chi connectivity index (χ2n) is 5.01. The zero-order chi connectivity index (χ0) is 15.1. The summed E-state index contributed by atoms with van der Waals surface area (Å²) in [6.45, 7) is 4.48. The molecule has 0 aliphatic carbocycles. The molecule has 0 aliphatic rings. The molecular weight excluding hydrogens is 261 g/mol. The van der Waals surface area contributed by atoms with Gasteiger partial charge in [-0.3, -0.25) is 0 Å². The molecule has 0 aromatic heterocycles. The minimum atomic E-state index is -0.498. The summed E-state index contributed by atoms with van der Waals surface area (Å²) in [5.41, 5.74) is 5.94. The van der Waals surface area contributed by atoms with Crippen LogP contribution in [0.15, 0.2) is 23.4 Å². The number of nitrogens with zero attached hydrogens (tertiary/aromatic N) is 1. The van der Waals surface area contributed by atoms with E-state index in [2.05, 4.69) is 10.5 Å². The first-order valence-corrected chi connectivity index (χ1v) is 6.60. The van der Waals surface area contributed by atoms with Gasteiger partial charge >= 0.3 is 0 Å². The predicted octanol–water partition coefficient (Wildman–Crippen LogP) is 1.42. The molecule has 5 N–H and O–H groups in total. The van der Waals surface area contributed by atoms with E-state index in [0.29, 0.717) is 24.4 Å². The third kappa shape index (κ3) is 4.18. The molecule has 1 rings (SSSR count). The number of halogens is 1. The Hall–Kier alpha value is -1.66. The van der Waals surface area contributed by atoms with Crippen LogP contribution in [-0.2, 0) is 6.54 Å². The molecule has 5 nitrogen and oxygen atoms in total. The summed E-state index contributed by atoms with van der Waals surface area (Å²) in [5, 5.41) is 23.7. The molecule has 1 atom stereocenters. The monoisotopic (exact) mass is 283 g/mol. The van der Waals surface area contributed by atoms with Crippen molar-refractivity contribution in [2.45, 2.75) is 32.9 Å². The Morgan fingerprint density at radius 3 is 2.70 bits per heavy atom. The van der Waals surface area contributed by atoms with E-state index in [0.717, 1.165) is 0 Å². The van der Waals surface area contributed by atoms with E-state index in [-0.39, 0.29) is 24.0 Å². The van der Waals surface area contributed by atoms with Gasteiger partial charge in [0, 0.05) is 24.8 Å². The number of amidine groups is 1. The molecule has 1 aromatic rings. The number of oxime groups is 1. The summed E-state index contributed by atoms with van der Waals surface area (Å²) in [4.78, 5) is 0. The highest BCUT2D eigenvalue weighted by Gasteiger charge is 2.15. The highest BCUT2D eigenvalue weighted by molar-refractivity contribution is 5.97. The maximum atomic E-state index is 14.2. The zero-order valence-corrected chi connectivity index (χ0v) is 11.8. The SMILES string of the molecule is CC(C)C(CCO)NCc1cccc(/C(N)=N/O)c1F. The van der Waals surface area contributed by atoms with Gasteiger partial charge in [0.25, 0.3) is 0 Å². The average molecular weight is 283 g/mol. The van der Waals surface area contributed by atoms with Crippen LogP contribution in [0.4, 0.5) is 4.39 Å². The number of hydrogen-bond acceptors (Lipinski definition) is 4. The summed E-state index contributed by atoms with van der Waals surface area (Å²) in [5.74, 6) is -0.417. The maximum Gasteiger partial charge on any atom is 0.173 e. The number of nitrogens with one attached hydrogen (secondary N) is 1. The topological polar surface area (TPSA) is 90.9 Å². The quantitative estimate of drug-likeness (QED) is 0.264. The van der Waals surface area contributed by atoms with Crippen LogP contribution in [0.5, 0.6) is 0 Å². The Bertz CT molecular complexity index is 464. The number of rotatable bonds is 7. The molecule has 1 unspecified atom stereocenters. The van der Waals surface area contributed by atoms with Crippen molar-refractivity contribution < 1.29 is 14.7 Å². The van der Waals surface area contributed by atoms with Gasteiger partial charge in [-0.05, 0) is 18.4 Å². The maximum absolute atomic E-state index is 14.2. The second-order valence-corrected chi connectivity index (χ2v) is 5.01. The Labute approximate surface area is 118 Å². The predicted molar refractivity (Wildman–Crippen MR) is 76.1 cm³/mol. The molecule has 112 valence electrons. The van der Waals surface area contributed by atoms with Crippen molar-refractivity contribution in [1.82, 2.24) is 5.32 Å². The minimum Gasteiger partial charge on any atom is -0.409 e. The fourth-order valence-corrected chi connectivity index (χ4v) is 2.02. The van der Waals surface area contributed by atoms with Crippen molar-refractivity contribution in [3.05, 3.63) is 35.1 Å². The van der Waals surface area contributed by atoms with Gasteiger partial charge in [0.15, 0.2) is 5.84 Å². The molecule has 0 aliphatic heterocycles. The summed E-state index contributed by atoms with van der Waals surface area (Å²) in [7, 11) is 0. The van der Waals surface area contributed by atoms with Gasteiger partial charge in [0.1, 0.15) is 5.82 Å². The highest BCUT2D eigenvalue weighted by atomic mass is 19.1. The normalized spacial score (nSPS) is 13.8. The molecule has 0 saturated heterocycles. The number of hydrogen-bond donors (Lipinski definition) is 4. The Morgan fingerprint density at radius 2 is 2.15 bits per heavy atom. The van der Waals surface area contributed by atoms with Crippen molar-refractivity contribution in [2.24, 2.45) is 16.8 Å². The molecule has 0 fully saturated rings. The van der Waals surface area contributed by atoms with Crippen molar-refractivity contribution in [1.29, 1.82) is 0 Å². The Kier molecular flexibility index (Phi) is 6.41. The zero-order valence-electron chi connectivity index (χ0n) is 11.8. The average Bonchev–Trinajstić information content (AvgIpc) is 2.43. The number of aliphatic hydroxyl groups excluding tert-OH is 1. The fraction of sp³-hybridized carbons (Fsp3) is 0.500. The van der Waals surface area contributed by atoms with Crippen LogP contribution >= 0.6 is 0 Å². The molecule has 0 saturated carbocycles. The third-order valence-electron chi connectivity index (χ3n) is 3.26. The first-order chi connectivity index (χ1) is 9.51. The first-order valence-electron chi connectivity index (χ1n) is 6.60. The molecule has 1 aromatic carbocycles. The largest absolute Gasteiger partial charge is 0.409 e. The van der Waals surface area contributed by atoms with E-state index in [9.17, 15) is 4.39 Å². The first kappa shape index (κ1) is 16.4. The van der Waals surface area contributed by atoms with Crippen LogP contribution in [-0.4, -0.2) is 28.8 Å². The third-order valence-corrected chi connectivity index (χ3v) is 3.26. The van der Waals surface area contributed by atoms with E-state index in [1.54, 1.807) is 12.1 Å². The van der Waals surface area contributed by atoms with E-state index in [1.165, 1.54) is 6.07 Å². The number of nitrogens with two attached hydrogens (primary N) is 1. The highest BCUT2D eigenvalue weighted by Crippen LogP contribution is 2.14. The van der Waals surface area contributed by atoms with Gasteiger partial charge in [-0.25, -0.2) is 4.39 Å². The molecule has 0 heterocycles. The van der Waals surface area contributed by atoms with Crippen LogP contribution in [0, 0.1) is 11.7 Å². The van der Waals surface area contributed by atoms with Crippen LogP contribution in [0.3, 0.4) is 0 Å². The van der Waals surface area contributed by atoms with Crippen LogP contribution in [0.25, 0.3) is 0 Å². The Morgan fingerprint density at radius 1 is 1.45 bits per heavy atom. The van der Waals surface area contributed by atoms with E-state index in [1.807, 2.05) is 13.8 Å². The van der Waals surface area contributed by atoms with Crippen LogP contribution < -0.4 is 11.1 Å². The van der Waals surface area contributed by atoms with Crippen molar-refractivity contribution in [3.8, 4) is 0 Å². The summed E-state index contributed by atoms with van der Waals surface area (Å²) >= 11 is 0. The minimum absolute atomic E-state index is 0.0788.